The molecule has 2 N–H and O–H groups in total. The molecule has 0 saturated carbocycles. The second kappa shape index (κ2) is 7.89. The van der Waals surface area contributed by atoms with E-state index in [2.05, 4.69) is 0 Å². The number of rotatable bonds is 3. The molecule has 0 aromatic heterocycles. The largest absolute Gasteiger partial charge is 0.395 e. The summed E-state index contributed by atoms with van der Waals surface area (Å²) in [5, 5.41) is 8.01. The Bertz CT molecular complexity index is 400. The molecule has 0 heterocycles. The van der Waals surface area contributed by atoms with Crippen LogP contribution in [0.2, 0.25) is 0 Å². The number of hydrogen-bond acceptors (Lipinski definition) is 3. The van der Waals surface area contributed by atoms with Crippen LogP contribution in [0.1, 0.15) is 10.9 Å². The van der Waals surface area contributed by atoms with Gasteiger partial charge in [0, 0.05) is 0 Å². The van der Waals surface area contributed by atoms with Gasteiger partial charge in [-0.15, -0.1) is 23.2 Å². The third-order valence-corrected chi connectivity index (χ3v) is 2.69. The highest BCUT2D eigenvalue weighted by molar-refractivity contribution is 7.85. The maximum atomic E-state index is 9.19. The Morgan fingerprint density at radius 2 is 1.65 bits per heavy atom. The summed E-state index contributed by atoms with van der Waals surface area (Å²) < 4.78 is 25.9. The van der Waals surface area contributed by atoms with Gasteiger partial charge in [0.05, 0.1) is 23.6 Å². The molecule has 7 heteroatoms. The first kappa shape index (κ1) is 16.7. The van der Waals surface area contributed by atoms with Crippen LogP contribution in [0.4, 0.5) is 0 Å². The zero-order chi connectivity index (χ0) is 13.5. The summed E-state index contributed by atoms with van der Waals surface area (Å²) in [6, 6.07) is 9.48. The predicted molar refractivity (Wildman–Crippen MR) is 69.2 cm³/mol. The number of halogens is 2. The fraction of sp³-hybridized carbons (Fsp3) is 0.400. The molecular formula is C10H14Cl2O4S. The minimum Gasteiger partial charge on any atom is -0.395 e. The van der Waals surface area contributed by atoms with Crippen molar-refractivity contribution in [2.45, 2.75) is 10.8 Å². The Balaban J connectivity index is 0.000000437. The Morgan fingerprint density at radius 1 is 1.24 bits per heavy atom. The van der Waals surface area contributed by atoms with Gasteiger partial charge in [0.25, 0.3) is 10.1 Å². The van der Waals surface area contributed by atoms with Crippen molar-refractivity contribution in [3.05, 3.63) is 35.9 Å². The third-order valence-electron chi connectivity index (χ3n) is 1.61. The van der Waals surface area contributed by atoms with Crippen LogP contribution < -0.4 is 0 Å². The molecule has 0 saturated heterocycles. The van der Waals surface area contributed by atoms with E-state index in [-0.39, 0.29) is 12.0 Å². The maximum Gasteiger partial charge on any atom is 0.261 e. The lowest BCUT2D eigenvalue weighted by atomic mass is 10.1. The molecule has 0 amide bonds. The van der Waals surface area contributed by atoms with Gasteiger partial charge in [-0.05, 0) is 5.56 Å². The second-order valence-corrected chi connectivity index (χ2v) is 5.74. The molecule has 1 aromatic carbocycles. The molecule has 0 aliphatic carbocycles. The number of alkyl halides is 2. The van der Waals surface area contributed by atoms with Crippen LogP contribution in [-0.4, -0.2) is 36.3 Å². The molecule has 1 aromatic rings. The molecule has 4 nitrogen and oxygen atoms in total. The van der Waals surface area contributed by atoms with E-state index in [0.717, 1.165) is 5.56 Å². The summed E-state index contributed by atoms with van der Waals surface area (Å²) in [5.74, 6) is 0. The van der Waals surface area contributed by atoms with Gasteiger partial charge in [-0.25, -0.2) is 0 Å². The van der Waals surface area contributed by atoms with Gasteiger partial charge in [-0.2, -0.15) is 8.42 Å². The van der Waals surface area contributed by atoms with Crippen molar-refractivity contribution >= 4 is 33.3 Å². The van der Waals surface area contributed by atoms with Gasteiger partial charge in [-0.1, -0.05) is 30.3 Å². The fourth-order valence-electron chi connectivity index (χ4n) is 0.938. The summed E-state index contributed by atoms with van der Waals surface area (Å²) in [4.78, 5) is 0. The van der Waals surface area contributed by atoms with E-state index in [9.17, 15) is 8.42 Å². The maximum absolute atomic E-state index is 9.19. The van der Waals surface area contributed by atoms with Crippen LogP contribution in [0.5, 0.6) is 0 Å². The number of aliphatic hydroxyl groups is 1. The first-order chi connectivity index (χ1) is 7.75. The van der Waals surface area contributed by atoms with Crippen molar-refractivity contribution < 1.29 is 18.1 Å². The number of aliphatic hydroxyl groups excluding tert-OH is 1. The van der Waals surface area contributed by atoms with Crippen LogP contribution in [-0.2, 0) is 10.1 Å². The van der Waals surface area contributed by atoms with Crippen LogP contribution in [0.3, 0.4) is 0 Å². The minimum absolute atomic E-state index is 0.107. The molecule has 0 radical (unpaired) electrons. The van der Waals surface area contributed by atoms with Gasteiger partial charge < -0.3 is 5.11 Å². The van der Waals surface area contributed by atoms with Crippen LogP contribution in [0.15, 0.2) is 30.3 Å². The van der Waals surface area contributed by atoms with Crippen molar-refractivity contribution in [1.29, 1.82) is 0 Å². The SMILES string of the molecule is CS(=O)(=O)O.OCC(Cl)C(Cl)c1ccccc1. The van der Waals surface area contributed by atoms with E-state index in [0.29, 0.717) is 6.26 Å². The van der Waals surface area contributed by atoms with Gasteiger partial charge in [-0.3, -0.25) is 4.55 Å². The molecule has 2 atom stereocenters. The molecule has 0 bridgehead atoms. The third kappa shape index (κ3) is 9.38. The van der Waals surface area contributed by atoms with Crippen molar-refractivity contribution in [1.82, 2.24) is 0 Å². The monoisotopic (exact) mass is 300 g/mol. The average molecular weight is 301 g/mol. The zero-order valence-electron chi connectivity index (χ0n) is 9.12. The topological polar surface area (TPSA) is 74.6 Å². The Kier molecular flexibility index (Phi) is 7.74. The highest BCUT2D eigenvalue weighted by atomic mass is 35.5. The Morgan fingerprint density at radius 3 is 2.00 bits per heavy atom. The lowest BCUT2D eigenvalue weighted by Gasteiger charge is -2.13. The molecule has 0 fully saturated rings. The summed E-state index contributed by atoms with van der Waals surface area (Å²) in [6.07, 6.45) is 0.715. The average Bonchev–Trinajstić information content (AvgIpc) is 2.26. The molecule has 2 unspecified atom stereocenters. The van der Waals surface area contributed by atoms with E-state index in [1.165, 1.54) is 0 Å². The fourth-order valence-corrected chi connectivity index (χ4v) is 1.31. The number of benzene rings is 1. The van der Waals surface area contributed by atoms with E-state index >= 15 is 0 Å². The van der Waals surface area contributed by atoms with Crippen molar-refractivity contribution in [2.75, 3.05) is 12.9 Å². The Labute approximate surface area is 111 Å². The van der Waals surface area contributed by atoms with Crippen molar-refractivity contribution in [3.63, 3.8) is 0 Å². The van der Waals surface area contributed by atoms with Gasteiger partial charge in [0.1, 0.15) is 0 Å². The quantitative estimate of drug-likeness (QED) is 0.662. The number of hydrogen-bond donors (Lipinski definition) is 2. The summed E-state index contributed by atoms with van der Waals surface area (Å²) in [7, 11) is -3.67. The smallest absolute Gasteiger partial charge is 0.261 e. The van der Waals surface area contributed by atoms with Crippen molar-refractivity contribution in [3.8, 4) is 0 Å². The van der Waals surface area contributed by atoms with Gasteiger partial charge in [0.15, 0.2) is 0 Å². The van der Waals surface area contributed by atoms with Gasteiger partial charge >= 0.3 is 0 Å². The second-order valence-electron chi connectivity index (χ2n) is 3.24. The zero-order valence-corrected chi connectivity index (χ0v) is 11.5. The summed E-state index contributed by atoms with van der Waals surface area (Å²) in [6.45, 7) is -0.107. The Hall–Kier alpha value is -0.330. The van der Waals surface area contributed by atoms with E-state index in [1.807, 2.05) is 30.3 Å². The molecule has 0 aliphatic heterocycles. The van der Waals surface area contributed by atoms with Crippen LogP contribution >= 0.6 is 23.2 Å². The van der Waals surface area contributed by atoms with E-state index < -0.39 is 15.5 Å². The summed E-state index contributed by atoms with van der Waals surface area (Å²) in [5.41, 5.74) is 0.938. The predicted octanol–water partition coefficient (Wildman–Crippen LogP) is 2.07. The van der Waals surface area contributed by atoms with Gasteiger partial charge in [0.2, 0.25) is 0 Å². The molecular weight excluding hydrogens is 287 g/mol. The first-order valence-corrected chi connectivity index (χ1v) is 7.34. The highest BCUT2D eigenvalue weighted by Crippen LogP contribution is 2.27. The minimum atomic E-state index is -3.67. The van der Waals surface area contributed by atoms with E-state index in [1.54, 1.807) is 0 Å². The van der Waals surface area contributed by atoms with Crippen LogP contribution in [0.25, 0.3) is 0 Å². The molecule has 0 spiro atoms. The highest BCUT2D eigenvalue weighted by Gasteiger charge is 2.16. The first-order valence-electron chi connectivity index (χ1n) is 4.62. The summed E-state index contributed by atoms with van der Waals surface area (Å²) >= 11 is 11.7. The normalized spacial score (nSPS) is 14.4. The van der Waals surface area contributed by atoms with Crippen molar-refractivity contribution in [2.24, 2.45) is 0 Å². The standard InChI is InChI=1S/C9H10Cl2O.CH4O3S/c10-8(6-12)9(11)7-4-2-1-3-5-7;1-5(2,3)4/h1-5,8-9,12H,6H2;1H3,(H,2,3,4). The molecule has 1 rings (SSSR count). The lowest BCUT2D eigenvalue weighted by molar-refractivity contribution is 0.290. The molecule has 0 aliphatic rings. The lowest BCUT2D eigenvalue weighted by Crippen LogP contribution is -2.11. The molecule has 17 heavy (non-hydrogen) atoms. The molecule has 98 valence electrons. The van der Waals surface area contributed by atoms with E-state index in [4.69, 9.17) is 32.9 Å². The van der Waals surface area contributed by atoms with Crippen LogP contribution in [0, 0.1) is 0 Å².